The molecular weight excluding hydrogens is 386 g/mol. The van der Waals surface area contributed by atoms with Crippen molar-refractivity contribution in [2.45, 2.75) is 27.4 Å². The van der Waals surface area contributed by atoms with Crippen LogP contribution < -0.4 is 15.5 Å². The SMILES string of the molecule is CCONC(=O)c1cc(C)c(OCc2ccccc2/C(=N\OC)C(=O)NC)cc1C. The molecular formula is C22H27N3O5. The number of hydroxylamine groups is 1. The predicted molar refractivity (Wildman–Crippen MR) is 113 cm³/mol. The van der Waals surface area contributed by atoms with Crippen LogP contribution in [0, 0.1) is 13.8 Å². The van der Waals surface area contributed by atoms with Gasteiger partial charge in [-0.3, -0.25) is 14.4 Å². The average Bonchev–Trinajstić information content (AvgIpc) is 2.75. The number of nitrogens with zero attached hydrogens (tertiary/aromatic N) is 1. The molecule has 0 saturated carbocycles. The van der Waals surface area contributed by atoms with Crippen LogP contribution in [-0.2, 0) is 21.1 Å². The van der Waals surface area contributed by atoms with Crippen molar-refractivity contribution in [1.82, 2.24) is 10.8 Å². The first-order valence-corrected chi connectivity index (χ1v) is 9.50. The highest BCUT2D eigenvalue weighted by molar-refractivity contribution is 6.45. The number of hydrogen-bond donors (Lipinski definition) is 2. The number of rotatable bonds is 9. The Kier molecular flexibility index (Phi) is 8.37. The average molecular weight is 413 g/mol. The molecule has 0 aromatic heterocycles. The van der Waals surface area contributed by atoms with Gasteiger partial charge in [-0.25, -0.2) is 5.48 Å². The van der Waals surface area contributed by atoms with E-state index in [-0.39, 0.29) is 24.1 Å². The van der Waals surface area contributed by atoms with Crippen LogP contribution in [-0.4, -0.2) is 38.3 Å². The second kappa shape index (κ2) is 11.0. The Hall–Kier alpha value is -3.39. The molecule has 2 aromatic rings. The molecule has 2 N–H and O–H groups in total. The van der Waals surface area contributed by atoms with E-state index in [1.807, 2.05) is 38.1 Å². The highest BCUT2D eigenvalue weighted by atomic mass is 16.6. The van der Waals surface area contributed by atoms with Gasteiger partial charge >= 0.3 is 0 Å². The Morgan fingerprint density at radius 2 is 1.80 bits per heavy atom. The van der Waals surface area contributed by atoms with E-state index in [0.29, 0.717) is 23.5 Å². The van der Waals surface area contributed by atoms with Crippen LogP contribution in [0.25, 0.3) is 0 Å². The summed E-state index contributed by atoms with van der Waals surface area (Å²) in [5, 5.41) is 6.42. The molecule has 30 heavy (non-hydrogen) atoms. The summed E-state index contributed by atoms with van der Waals surface area (Å²) in [5.41, 5.74) is 6.02. The van der Waals surface area contributed by atoms with E-state index >= 15 is 0 Å². The molecule has 2 amide bonds. The van der Waals surface area contributed by atoms with Crippen molar-refractivity contribution >= 4 is 17.5 Å². The van der Waals surface area contributed by atoms with Gasteiger partial charge < -0.3 is 14.9 Å². The summed E-state index contributed by atoms with van der Waals surface area (Å²) in [5.74, 6) is -0.0261. The number of amides is 2. The van der Waals surface area contributed by atoms with Crippen molar-refractivity contribution in [3.63, 3.8) is 0 Å². The van der Waals surface area contributed by atoms with E-state index in [1.54, 1.807) is 19.1 Å². The van der Waals surface area contributed by atoms with E-state index in [2.05, 4.69) is 16.0 Å². The van der Waals surface area contributed by atoms with Gasteiger partial charge in [-0.1, -0.05) is 29.4 Å². The standard InChI is InChI=1S/C22H27N3O5/c1-6-30-25-21(26)18-11-15(3)19(12-14(18)2)29-13-16-9-7-8-10-17(16)20(24-28-5)22(27)23-4/h7-12H,6,13H2,1-5H3,(H,23,27)(H,25,26)/b24-20+. The first kappa shape index (κ1) is 22.9. The van der Waals surface area contributed by atoms with Crippen LogP contribution >= 0.6 is 0 Å². The number of nitrogens with one attached hydrogen (secondary N) is 2. The van der Waals surface area contributed by atoms with E-state index < -0.39 is 0 Å². The molecule has 0 spiro atoms. The van der Waals surface area contributed by atoms with E-state index in [0.717, 1.165) is 16.7 Å². The molecule has 0 fully saturated rings. The smallest absolute Gasteiger partial charge is 0.275 e. The lowest BCUT2D eigenvalue weighted by molar-refractivity contribution is -0.114. The highest BCUT2D eigenvalue weighted by Gasteiger charge is 2.18. The monoisotopic (exact) mass is 413 g/mol. The van der Waals surface area contributed by atoms with Gasteiger partial charge in [0, 0.05) is 18.2 Å². The summed E-state index contributed by atoms with van der Waals surface area (Å²) in [6, 6.07) is 10.9. The third kappa shape index (κ3) is 5.57. The Bertz CT molecular complexity index is 940. The number of benzene rings is 2. The quantitative estimate of drug-likeness (QED) is 0.487. The minimum absolute atomic E-state index is 0.162. The summed E-state index contributed by atoms with van der Waals surface area (Å²) >= 11 is 0. The second-order valence-corrected chi connectivity index (χ2v) is 6.44. The number of hydrogen-bond acceptors (Lipinski definition) is 6. The Morgan fingerprint density at radius 3 is 2.47 bits per heavy atom. The molecule has 0 saturated heterocycles. The number of carbonyl (C=O) groups is 2. The number of aryl methyl sites for hydroxylation is 2. The van der Waals surface area contributed by atoms with E-state index in [9.17, 15) is 9.59 Å². The third-order valence-corrected chi connectivity index (χ3v) is 4.36. The second-order valence-electron chi connectivity index (χ2n) is 6.44. The lowest BCUT2D eigenvalue weighted by Crippen LogP contribution is -2.29. The molecule has 8 nitrogen and oxygen atoms in total. The molecule has 0 aliphatic heterocycles. The predicted octanol–water partition coefficient (Wildman–Crippen LogP) is 2.66. The van der Waals surface area contributed by atoms with Gasteiger partial charge in [-0.15, -0.1) is 0 Å². The van der Waals surface area contributed by atoms with Crippen LogP contribution in [0.15, 0.2) is 41.6 Å². The Labute approximate surface area is 176 Å². The molecule has 0 unspecified atom stereocenters. The summed E-state index contributed by atoms with van der Waals surface area (Å²) in [6.07, 6.45) is 0. The zero-order valence-corrected chi connectivity index (χ0v) is 17.9. The van der Waals surface area contributed by atoms with Crippen LogP contribution in [0.1, 0.15) is 39.5 Å². The van der Waals surface area contributed by atoms with Gasteiger partial charge in [0.05, 0.1) is 6.61 Å². The summed E-state index contributed by atoms with van der Waals surface area (Å²) < 4.78 is 6.01. The summed E-state index contributed by atoms with van der Waals surface area (Å²) in [4.78, 5) is 34.2. The molecule has 8 heteroatoms. The maximum atomic E-state index is 12.2. The first-order valence-electron chi connectivity index (χ1n) is 9.50. The zero-order valence-electron chi connectivity index (χ0n) is 17.9. The number of ether oxygens (including phenoxy) is 1. The van der Waals surface area contributed by atoms with Gasteiger partial charge in [0.2, 0.25) is 0 Å². The van der Waals surface area contributed by atoms with Crippen molar-refractivity contribution in [3.05, 3.63) is 64.2 Å². The molecule has 0 heterocycles. The van der Waals surface area contributed by atoms with Gasteiger partial charge in [0.25, 0.3) is 11.8 Å². The van der Waals surface area contributed by atoms with Crippen molar-refractivity contribution in [2.75, 3.05) is 20.8 Å². The normalized spacial score (nSPS) is 11.0. The number of carbonyl (C=O) groups excluding carboxylic acids is 2. The fourth-order valence-corrected chi connectivity index (χ4v) is 2.84. The number of oxime groups is 1. The molecule has 0 bridgehead atoms. The minimum atomic E-state index is -0.360. The molecule has 2 aromatic carbocycles. The van der Waals surface area contributed by atoms with Crippen molar-refractivity contribution in [3.8, 4) is 5.75 Å². The lowest BCUT2D eigenvalue weighted by Gasteiger charge is -2.15. The molecule has 0 aliphatic rings. The van der Waals surface area contributed by atoms with Crippen LogP contribution in [0.3, 0.4) is 0 Å². The van der Waals surface area contributed by atoms with Crippen molar-refractivity contribution in [1.29, 1.82) is 0 Å². The summed E-state index contributed by atoms with van der Waals surface area (Å²) in [6.45, 7) is 6.08. The maximum absolute atomic E-state index is 12.2. The summed E-state index contributed by atoms with van der Waals surface area (Å²) in [7, 11) is 2.92. The maximum Gasteiger partial charge on any atom is 0.275 e. The van der Waals surface area contributed by atoms with Gasteiger partial charge in [-0.2, -0.15) is 0 Å². The van der Waals surface area contributed by atoms with Gasteiger partial charge in [0.15, 0.2) is 5.71 Å². The molecule has 0 atom stereocenters. The molecule has 160 valence electrons. The van der Waals surface area contributed by atoms with Crippen molar-refractivity contribution < 1.29 is 24.0 Å². The van der Waals surface area contributed by atoms with Crippen LogP contribution in [0.2, 0.25) is 0 Å². The topological polar surface area (TPSA) is 98.2 Å². The van der Waals surface area contributed by atoms with Crippen LogP contribution in [0.5, 0.6) is 5.75 Å². The van der Waals surface area contributed by atoms with E-state index in [4.69, 9.17) is 14.4 Å². The zero-order chi connectivity index (χ0) is 22.1. The van der Waals surface area contributed by atoms with Crippen LogP contribution in [0.4, 0.5) is 0 Å². The largest absolute Gasteiger partial charge is 0.489 e. The fraction of sp³-hybridized carbons (Fsp3) is 0.318. The highest BCUT2D eigenvalue weighted by Crippen LogP contribution is 2.24. The molecule has 2 rings (SSSR count). The van der Waals surface area contributed by atoms with Crippen molar-refractivity contribution in [2.24, 2.45) is 5.16 Å². The minimum Gasteiger partial charge on any atom is -0.489 e. The number of likely N-dealkylation sites (N-methyl/N-ethyl adjacent to an activating group) is 1. The first-order chi connectivity index (χ1) is 14.4. The Balaban J connectivity index is 2.26. The van der Waals surface area contributed by atoms with E-state index in [1.165, 1.54) is 14.2 Å². The third-order valence-electron chi connectivity index (χ3n) is 4.36. The lowest BCUT2D eigenvalue weighted by atomic mass is 10.0. The fourth-order valence-electron chi connectivity index (χ4n) is 2.84. The molecule has 0 radical (unpaired) electrons. The Morgan fingerprint density at radius 1 is 1.07 bits per heavy atom. The van der Waals surface area contributed by atoms with Gasteiger partial charge in [-0.05, 0) is 49.6 Å². The molecule has 0 aliphatic carbocycles. The van der Waals surface area contributed by atoms with Gasteiger partial charge in [0.1, 0.15) is 19.5 Å².